The zero-order valence-corrected chi connectivity index (χ0v) is 13.1. The van der Waals surface area contributed by atoms with E-state index in [2.05, 4.69) is 15.9 Å². The molecule has 0 saturated carbocycles. The van der Waals surface area contributed by atoms with Crippen LogP contribution in [0.25, 0.3) is 0 Å². The minimum atomic E-state index is -0.514. The number of benzene rings is 1. The van der Waals surface area contributed by atoms with E-state index in [0.29, 0.717) is 19.6 Å². The van der Waals surface area contributed by atoms with Crippen LogP contribution < -0.4 is 0 Å². The maximum absolute atomic E-state index is 11.9. The van der Waals surface area contributed by atoms with E-state index < -0.39 is 6.10 Å². The lowest BCUT2D eigenvalue weighted by molar-refractivity contribution is -0.156. The van der Waals surface area contributed by atoms with Gasteiger partial charge in [0.05, 0.1) is 6.61 Å². The highest BCUT2D eigenvalue weighted by Gasteiger charge is 2.21. The molecule has 0 bridgehead atoms. The van der Waals surface area contributed by atoms with Crippen LogP contribution in [-0.2, 0) is 26.0 Å². The summed E-state index contributed by atoms with van der Waals surface area (Å²) in [5.41, 5.74) is 2.30. The highest BCUT2D eigenvalue weighted by Crippen LogP contribution is 2.16. The predicted molar refractivity (Wildman–Crippen MR) is 79.4 cm³/mol. The predicted octanol–water partition coefficient (Wildman–Crippen LogP) is 3.48. The lowest BCUT2D eigenvalue weighted by Gasteiger charge is -2.17. The standard InChI is InChI=1S/C15H21BrO3/c1-3-9-19-14(15(17)18-4-2)10-12-7-5-6-8-13(12)11-16/h5-8,14H,3-4,9-11H2,1-2H3. The van der Waals surface area contributed by atoms with E-state index in [9.17, 15) is 4.79 Å². The molecule has 4 heteroatoms. The van der Waals surface area contributed by atoms with Crippen molar-refractivity contribution in [1.29, 1.82) is 0 Å². The number of alkyl halides is 1. The third kappa shape index (κ3) is 5.33. The maximum atomic E-state index is 11.9. The SMILES string of the molecule is CCCOC(Cc1ccccc1CBr)C(=O)OCC. The van der Waals surface area contributed by atoms with Crippen molar-refractivity contribution in [2.45, 2.75) is 38.1 Å². The van der Waals surface area contributed by atoms with Crippen molar-refractivity contribution >= 4 is 21.9 Å². The Hall–Kier alpha value is -0.870. The highest BCUT2D eigenvalue weighted by molar-refractivity contribution is 9.08. The van der Waals surface area contributed by atoms with Gasteiger partial charge in [-0.2, -0.15) is 0 Å². The van der Waals surface area contributed by atoms with E-state index in [1.807, 2.05) is 31.2 Å². The quantitative estimate of drug-likeness (QED) is 0.541. The third-order valence-electron chi connectivity index (χ3n) is 2.74. The second-order valence-corrected chi connectivity index (χ2v) is 4.78. The van der Waals surface area contributed by atoms with Gasteiger partial charge >= 0.3 is 5.97 Å². The van der Waals surface area contributed by atoms with E-state index in [1.165, 1.54) is 5.56 Å². The average molecular weight is 329 g/mol. The molecule has 0 saturated heterocycles. The number of esters is 1. The summed E-state index contributed by atoms with van der Waals surface area (Å²) in [7, 11) is 0. The van der Waals surface area contributed by atoms with Gasteiger partial charge in [0.15, 0.2) is 6.10 Å². The Kier molecular flexibility index (Phi) is 7.75. The Balaban J connectivity index is 2.77. The summed E-state index contributed by atoms with van der Waals surface area (Å²) in [6.45, 7) is 4.78. The first-order valence-electron chi connectivity index (χ1n) is 6.63. The molecular weight excluding hydrogens is 308 g/mol. The molecule has 1 atom stereocenters. The van der Waals surface area contributed by atoms with E-state index in [0.717, 1.165) is 17.3 Å². The normalized spacial score (nSPS) is 12.2. The van der Waals surface area contributed by atoms with Crippen LogP contribution in [0.5, 0.6) is 0 Å². The van der Waals surface area contributed by atoms with Gasteiger partial charge in [-0.15, -0.1) is 0 Å². The number of carbonyl (C=O) groups is 1. The molecule has 0 aromatic heterocycles. The van der Waals surface area contributed by atoms with Gasteiger partial charge in [0, 0.05) is 18.4 Å². The fraction of sp³-hybridized carbons (Fsp3) is 0.533. The van der Waals surface area contributed by atoms with Gasteiger partial charge in [-0.1, -0.05) is 47.1 Å². The Morgan fingerprint density at radius 2 is 1.95 bits per heavy atom. The topological polar surface area (TPSA) is 35.5 Å². The average Bonchev–Trinajstić information content (AvgIpc) is 2.44. The molecule has 0 radical (unpaired) electrons. The summed E-state index contributed by atoms with van der Waals surface area (Å²) >= 11 is 3.46. The van der Waals surface area contributed by atoms with Crippen LogP contribution in [0.4, 0.5) is 0 Å². The van der Waals surface area contributed by atoms with Crippen LogP contribution in [0.15, 0.2) is 24.3 Å². The van der Waals surface area contributed by atoms with E-state index in [-0.39, 0.29) is 5.97 Å². The first-order valence-corrected chi connectivity index (χ1v) is 7.76. The van der Waals surface area contributed by atoms with Gasteiger partial charge < -0.3 is 9.47 Å². The number of ether oxygens (including phenoxy) is 2. The first-order chi connectivity index (χ1) is 9.22. The number of halogens is 1. The highest BCUT2D eigenvalue weighted by atomic mass is 79.9. The number of hydrogen-bond donors (Lipinski definition) is 0. The van der Waals surface area contributed by atoms with Crippen molar-refractivity contribution in [2.75, 3.05) is 13.2 Å². The van der Waals surface area contributed by atoms with E-state index in [1.54, 1.807) is 6.92 Å². The molecule has 1 rings (SSSR count). The minimum Gasteiger partial charge on any atom is -0.464 e. The zero-order valence-electron chi connectivity index (χ0n) is 11.5. The fourth-order valence-corrected chi connectivity index (χ4v) is 2.34. The zero-order chi connectivity index (χ0) is 14.1. The van der Waals surface area contributed by atoms with Crippen molar-refractivity contribution in [3.8, 4) is 0 Å². The molecule has 0 aliphatic rings. The van der Waals surface area contributed by atoms with Crippen molar-refractivity contribution in [2.24, 2.45) is 0 Å². The molecule has 1 aromatic rings. The Bertz CT molecular complexity index is 393. The molecule has 0 spiro atoms. The van der Waals surface area contributed by atoms with Crippen molar-refractivity contribution in [3.05, 3.63) is 35.4 Å². The summed E-state index contributed by atoms with van der Waals surface area (Å²) in [4.78, 5) is 11.9. The van der Waals surface area contributed by atoms with Crippen LogP contribution in [0.1, 0.15) is 31.4 Å². The summed E-state index contributed by atoms with van der Waals surface area (Å²) in [6.07, 6.45) is 0.927. The van der Waals surface area contributed by atoms with Crippen LogP contribution in [0.2, 0.25) is 0 Å². The largest absolute Gasteiger partial charge is 0.464 e. The van der Waals surface area contributed by atoms with E-state index in [4.69, 9.17) is 9.47 Å². The van der Waals surface area contributed by atoms with Gasteiger partial charge in [-0.25, -0.2) is 4.79 Å². The molecular formula is C15H21BrO3. The summed E-state index contributed by atoms with van der Waals surface area (Å²) in [5.74, 6) is -0.277. The number of rotatable bonds is 8. The molecule has 0 amide bonds. The maximum Gasteiger partial charge on any atom is 0.335 e. The minimum absolute atomic E-state index is 0.277. The summed E-state index contributed by atoms with van der Waals surface area (Å²) < 4.78 is 10.7. The van der Waals surface area contributed by atoms with E-state index >= 15 is 0 Å². The van der Waals surface area contributed by atoms with Crippen molar-refractivity contribution in [3.63, 3.8) is 0 Å². The molecule has 19 heavy (non-hydrogen) atoms. The number of hydrogen-bond acceptors (Lipinski definition) is 3. The van der Waals surface area contributed by atoms with Crippen molar-refractivity contribution < 1.29 is 14.3 Å². The molecule has 3 nitrogen and oxygen atoms in total. The lowest BCUT2D eigenvalue weighted by atomic mass is 10.0. The Morgan fingerprint density at radius 1 is 1.26 bits per heavy atom. The Labute approximate surface area is 123 Å². The molecule has 0 N–H and O–H groups in total. The molecule has 0 heterocycles. The second-order valence-electron chi connectivity index (χ2n) is 4.22. The van der Waals surface area contributed by atoms with Crippen LogP contribution in [-0.4, -0.2) is 25.3 Å². The van der Waals surface area contributed by atoms with Gasteiger partial charge in [0.2, 0.25) is 0 Å². The molecule has 106 valence electrons. The molecule has 0 fully saturated rings. The van der Waals surface area contributed by atoms with Gasteiger partial charge in [-0.3, -0.25) is 0 Å². The van der Waals surface area contributed by atoms with Crippen LogP contribution >= 0.6 is 15.9 Å². The first kappa shape index (κ1) is 16.2. The van der Waals surface area contributed by atoms with Crippen molar-refractivity contribution in [1.82, 2.24) is 0 Å². The Morgan fingerprint density at radius 3 is 2.53 bits per heavy atom. The molecule has 0 aliphatic carbocycles. The van der Waals surface area contributed by atoms with Gasteiger partial charge in [0.1, 0.15) is 0 Å². The van der Waals surface area contributed by atoms with Gasteiger partial charge in [0.25, 0.3) is 0 Å². The molecule has 1 aromatic carbocycles. The fourth-order valence-electron chi connectivity index (χ4n) is 1.79. The molecule has 1 unspecified atom stereocenters. The van der Waals surface area contributed by atoms with Crippen LogP contribution in [0.3, 0.4) is 0 Å². The lowest BCUT2D eigenvalue weighted by Crippen LogP contribution is -2.29. The van der Waals surface area contributed by atoms with Gasteiger partial charge in [-0.05, 0) is 24.5 Å². The third-order valence-corrected chi connectivity index (χ3v) is 3.34. The summed E-state index contributed by atoms with van der Waals surface area (Å²) in [5, 5.41) is 0.770. The van der Waals surface area contributed by atoms with Crippen LogP contribution in [0, 0.1) is 0 Å². The summed E-state index contributed by atoms with van der Waals surface area (Å²) in [6, 6.07) is 8.04. The second kappa shape index (κ2) is 9.10. The molecule has 0 aliphatic heterocycles. The number of carbonyl (C=O) groups excluding carboxylic acids is 1. The smallest absolute Gasteiger partial charge is 0.335 e. The monoisotopic (exact) mass is 328 g/mol.